The van der Waals surface area contributed by atoms with Gasteiger partial charge in [0.1, 0.15) is 0 Å². The predicted molar refractivity (Wildman–Crippen MR) is 98.2 cm³/mol. The van der Waals surface area contributed by atoms with E-state index in [2.05, 4.69) is 15.3 Å². The van der Waals surface area contributed by atoms with Crippen LogP contribution in [0.5, 0.6) is 0 Å². The maximum atomic E-state index is 12.8. The number of nitrogens with one attached hydrogen (secondary N) is 2. The van der Waals surface area contributed by atoms with E-state index in [1.54, 1.807) is 13.0 Å². The van der Waals surface area contributed by atoms with Gasteiger partial charge in [-0.05, 0) is 31.7 Å². The van der Waals surface area contributed by atoms with Crippen LogP contribution in [-0.4, -0.2) is 26.5 Å². The Morgan fingerprint density at radius 3 is 2.40 bits per heavy atom. The lowest BCUT2D eigenvalue weighted by Gasteiger charge is -2.19. The van der Waals surface area contributed by atoms with E-state index in [1.807, 2.05) is 34.6 Å². The Bertz CT molecular complexity index is 909. The fraction of sp³-hybridized carbons (Fsp3) is 0.556. The van der Waals surface area contributed by atoms with E-state index in [9.17, 15) is 14.4 Å². The number of nitrogens with zero attached hydrogens (tertiary/aromatic N) is 2. The molecule has 2 N–H and O–H groups in total. The molecule has 2 aromatic heterocycles. The normalized spacial score (nSPS) is 12.8. The van der Waals surface area contributed by atoms with E-state index in [0.717, 1.165) is 0 Å². The van der Waals surface area contributed by atoms with Gasteiger partial charge >= 0.3 is 5.69 Å². The number of hydrogen-bond donors (Lipinski definition) is 2. The number of carbonyl (C=O) groups excluding carboxylic acids is 1. The minimum absolute atomic E-state index is 0.0469. The molecule has 0 fully saturated rings. The molecule has 0 aromatic carbocycles. The van der Waals surface area contributed by atoms with Gasteiger partial charge in [-0.3, -0.25) is 19.1 Å². The zero-order chi connectivity index (χ0) is 18.9. The van der Waals surface area contributed by atoms with Crippen LogP contribution < -0.4 is 16.6 Å². The van der Waals surface area contributed by atoms with E-state index >= 15 is 0 Å². The first kappa shape index (κ1) is 18.9. The lowest BCUT2D eigenvalue weighted by atomic mass is 10.0. The Labute approximate surface area is 146 Å². The summed E-state index contributed by atoms with van der Waals surface area (Å²) in [5, 5.41) is 3.08. The molecule has 0 saturated carbocycles. The highest BCUT2D eigenvalue weighted by atomic mass is 16.2. The first-order valence-electron chi connectivity index (χ1n) is 8.65. The number of rotatable bonds is 5. The lowest BCUT2D eigenvalue weighted by molar-refractivity contribution is 0.0932. The summed E-state index contributed by atoms with van der Waals surface area (Å²) in [4.78, 5) is 44.1. The highest BCUT2D eigenvalue weighted by Gasteiger charge is 2.21. The molecule has 0 spiro atoms. The average molecular weight is 346 g/mol. The molecule has 25 heavy (non-hydrogen) atoms. The van der Waals surface area contributed by atoms with Gasteiger partial charge in [-0.15, -0.1) is 0 Å². The topological polar surface area (TPSA) is 96.9 Å². The minimum atomic E-state index is -0.588. The van der Waals surface area contributed by atoms with Crippen molar-refractivity contribution < 1.29 is 4.79 Å². The number of amides is 1. The molecule has 7 nitrogen and oxygen atoms in total. The lowest BCUT2D eigenvalue weighted by Crippen LogP contribution is -2.38. The Kier molecular flexibility index (Phi) is 5.45. The number of aryl methyl sites for hydroxylation is 1. The highest BCUT2D eigenvalue weighted by molar-refractivity contribution is 6.05. The molecule has 1 amide bonds. The van der Waals surface area contributed by atoms with Crippen LogP contribution in [0, 0.1) is 5.92 Å². The Balaban J connectivity index is 2.80. The molecule has 0 saturated heterocycles. The van der Waals surface area contributed by atoms with Crippen LogP contribution in [0.2, 0.25) is 0 Å². The van der Waals surface area contributed by atoms with Crippen LogP contribution >= 0.6 is 0 Å². The fourth-order valence-electron chi connectivity index (χ4n) is 2.51. The van der Waals surface area contributed by atoms with E-state index in [0.29, 0.717) is 12.2 Å². The second kappa shape index (κ2) is 7.21. The number of hydrogen-bond acceptors (Lipinski definition) is 4. The molecule has 2 rings (SSSR count). The van der Waals surface area contributed by atoms with Gasteiger partial charge in [0.25, 0.3) is 11.5 Å². The fourth-order valence-corrected chi connectivity index (χ4v) is 2.51. The first-order valence-corrected chi connectivity index (χ1v) is 8.65. The molecule has 0 aliphatic carbocycles. The summed E-state index contributed by atoms with van der Waals surface area (Å²) in [5.74, 6) is -0.0193. The van der Waals surface area contributed by atoms with Crippen LogP contribution in [0.15, 0.2) is 15.7 Å². The average Bonchev–Trinajstić information content (AvgIpc) is 2.53. The van der Waals surface area contributed by atoms with Crippen molar-refractivity contribution in [2.24, 2.45) is 5.92 Å². The molecule has 7 heteroatoms. The molecule has 1 unspecified atom stereocenters. The summed E-state index contributed by atoms with van der Waals surface area (Å²) in [5.41, 5.74) is 0.0710. The van der Waals surface area contributed by atoms with Gasteiger partial charge in [-0.2, -0.15) is 0 Å². The minimum Gasteiger partial charge on any atom is -0.349 e. The van der Waals surface area contributed by atoms with E-state index in [1.165, 1.54) is 4.57 Å². The van der Waals surface area contributed by atoms with Gasteiger partial charge in [0, 0.05) is 18.3 Å². The quantitative estimate of drug-likeness (QED) is 0.865. The number of carbonyl (C=O) groups is 1. The Morgan fingerprint density at radius 1 is 1.24 bits per heavy atom. The first-order chi connectivity index (χ1) is 11.7. The third kappa shape index (κ3) is 3.65. The van der Waals surface area contributed by atoms with Gasteiger partial charge in [-0.25, -0.2) is 9.78 Å². The number of aromatic nitrogens is 3. The van der Waals surface area contributed by atoms with Crippen LogP contribution in [0.1, 0.15) is 63.5 Å². The standard InChI is InChI=1S/C18H26N4O3/c1-7-22-15-14(17(24)21-18(22)25)12(8-13(20-15)10(4)5)16(23)19-11(6)9(2)3/h8-11H,7H2,1-6H3,(H,19,23)(H,21,24,25). The van der Waals surface area contributed by atoms with Gasteiger partial charge in [-0.1, -0.05) is 27.7 Å². The SMILES string of the molecule is CCn1c(=O)[nH]c(=O)c2c(C(=O)NC(C)C(C)C)cc(C(C)C)nc21. The summed E-state index contributed by atoms with van der Waals surface area (Å²) in [6, 6.07) is 1.60. The van der Waals surface area contributed by atoms with Crippen LogP contribution in [0.4, 0.5) is 0 Å². The van der Waals surface area contributed by atoms with Crippen LogP contribution in [0.3, 0.4) is 0 Å². The summed E-state index contributed by atoms with van der Waals surface area (Å²) in [7, 11) is 0. The van der Waals surface area contributed by atoms with Crippen molar-refractivity contribution >= 4 is 16.9 Å². The maximum Gasteiger partial charge on any atom is 0.329 e. The van der Waals surface area contributed by atoms with E-state index in [-0.39, 0.29) is 40.4 Å². The molecule has 0 radical (unpaired) electrons. The summed E-state index contributed by atoms with van der Waals surface area (Å²) in [6.07, 6.45) is 0. The van der Waals surface area contributed by atoms with E-state index in [4.69, 9.17) is 0 Å². The summed E-state index contributed by atoms with van der Waals surface area (Å²) < 4.78 is 1.38. The van der Waals surface area contributed by atoms with Gasteiger partial charge in [0.15, 0.2) is 5.65 Å². The van der Waals surface area contributed by atoms with Crippen LogP contribution in [0.25, 0.3) is 11.0 Å². The number of aromatic amines is 1. The Hall–Kier alpha value is -2.44. The molecule has 136 valence electrons. The summed E-state index contributed by atoms with van der Waals surface area (Å²) >= 11 is 0. The number of H-pyrrole nitrogens is 1. The highest BCUT2D eigenvalue weighted by Crippen LogP contribution is 2.20. The van der Waals surface area contributed by atoms with Crippen molar-refractivity contribution in [3.63, 3.8) is 0 Å². The van der Waals surface area contributed by atoms with Crippen molar-refractivity contribution in [2.75, 3.05) is 0 Å². The Morgan fingerprint density at radius 2 is 1.88 bits per heavy atom. The molecule has 1 atom stereocenters. The van der Waals surface area contributed by atoms with Gasteiger partial charge in [0.05, 0.1) is 10.9 Å². The van der Waals surface area contributed by atoms with Gasteiger partial charge < -0.3 is 5.32 Å². The number of pyridine rings is 1. The second-order valence-electron chi connectivity index (χ2n) is 6.96. The zero-order valence-electron chi connectivity index (χ0n) is 15.6. The van der Waals surface area contributed by atoms with Gasteiger partial charge in [0.2, 0.25) is 0 Å². The van der Waals surface area contributed by atoms with Crippen molar-refractivity contribution in [1.29, 1.82) is 0 Å². The molecule has 0 aliphatic heterocycles. The monoisotopic (exact) mass is 346 g/mol. The molecular weight excluding hydrogens is 320 g/mol. The predicted octanol–water partition coefficient (Wildman–Crippen LogP) is 2.00. The second-order valence-corrected chi connectivity index (χ2v) is 6.96. The summed E-state index contributed by atoms with van der Waals surface area (Å²) in [6.45, 7) is 12.0. The molecule has 0 aliphatic rings. The molecular formula is C18H26N4O3. The molecule has 0 bridgehead atoms. The van der Waals surface area contributed by atoms with Crippen molar-refractivity contribution in [1.82, 2.24) is 19.9 Å². The third-order valence-corrected chi connectivity index (χ3v) is 4.48. The molecule has 2 aromatic rings. The largest absolute Gasteiger partial charge is 0.349 e. The van der Waals surface area contributed by atoms with Crippen molar-refractivity contribution in [3.8, 4) is 0 Å². The maximum absolute atomic E-state index is 12.8. The zero-order valence-corrected chi connectivity index (χ0v) is 15.6. The van der Waals surface area contributed by atoms with Crippen molar-refractivity contribution in [3.05, 3.63) is 38.2 Å². The molecule has 2 heterocycles. The van der Waals surface area contributed by atoms with E-state index < -0.39 is 11.2 Å². The smallest absolute Gasteiger partial charge is 0.329 e. The van der Waals surface area contributed by atoms with Crippen molar-refractivity contribution in [2.45, 2.75) is 60.0 Å². The number of fused-ring (bicyclic) bond motifs is 1. The van der Waals surface area contributed by atoms with Crippen LogP contribution in [-0.2, 0) is 6.54 Å². The third-order valence-electron chi connectivity index (χ3n) is 4.48.